The third kappa shape index (κ3) is 4.37. The second-order valence-electron chi connectivity index (χ2n) is 4.42. The second kappa shape index (κ2) is 6.68. The van der Waals surface area contributed by atoms with Crippen LogP contribution in [-0.4, -0.2) is 41.1 Å². The molecular formula is C14H15N3O3. The van der Waals surface area contributed by atoms with Gasteiger partial charge in [-0.05, 0) is 25.0 Å². The summed E-state index contributed by atoms with van der Waals surface area (Å²) in [6.45, 7) is -0.276. The van der Waals surface area contributed by atoms with E-state index in [0.717, 1.165) is 12.8 Å². The maximum atomic E-state index is 11.7. The molecule has 1 heterocycles. The Bertz CT molecular complexity index is 553. The van der Waals surface area contributed by atoms with Crippen molar-refractivity contribution in [1.29, 1.82) is 0 Å². The number of carbonyl (C=O) groups is 2. The van der Waals surface area contributed by atoms with Crippen LogP contribution in [0.25, 0.3) is 0 Å². The van der Waals surface area contributed by atoms with Crippen molar-refractivity contribution >= 4 is 11.8 Å². The molecule has 6 heteroatoms. The van der Waals surface area contributed by atoms with Crippen LogP contribution in [-0.2, 0) is 4.79 Å². The summed E-state index contributed by atoms with van der Waals surface area (Å²) in [6.07, 6.45) is 3.47. The van der Waals surface area contributed by atoms with Crippen LogP contribution in [0.1, 0.15) is 28.9 Å². The lowest BCUT2D eigenvalue weighted by molar-refractivity contribution is -0.120. The summed E-state index contributed by atoms with van der Waals surface area (Å²) in [7, 11) is 0. The van der Waals surface area contributed by atoms with Crippen molar-refractivity contribution < 1.29 is 14.7 Å². The lowest BCUT2D eigenvalue weighted by atomic mass is 10.2. The average molecular weight is 273 g/mol. The van der Waals surface area contributed by atoms with Crippen molar-refractivity contribution in [3.8, 4) is 11.8 Å². The van der Waals surface area contributed by atoms with Gasteiger partial charge in [-0.15, -0.1) is 0 Å². The van der Waals surface area contributed by atoms with Crippen molar-refractivity contribution in [3.63, 3.8) is 0 Å². The van der Waals surface area contributed by atoms with Crippen LogP contribution in [0.5, 0.6) is 0 Å². The van der Waals surface area contributed by atoms with Crippen LogP contribution < -0.4 is 10.6 Å². The van der Waals surface area contributed by atoms with Crippen LogP contribution in [0.2, 0.25) is 0 Å². The molecule has 2 rings (SSSR count). The highest BCUT2D eigenvalue weighted by Gasteiger charge is 2.23. The zero-order valence-electron chi connectivity index (χ0n) is 10.8. The molecule has 0 bridgehead atoms. The molecule has 0 unspecified atom stereocenters. The van der Waals surface area contributed by atoms with Gasteiger partial charge in [0.05, 0.1) is 6.54 Å². The van der Waals surface area contributed by atoms with Crippen LogP contribution in [0.4, 0.5) is 0 Å². The van der Waals surface area contributed by atoms with E-state index in [0.29, 0.717) is 5.56 Å². The molecule has 20 heavy (non-hydrogen) atoms. The summed E-state index contributed by atoms with van der Waals surface area (Å²) in [5.74, 6) is 4.58. The third-order valence-corrected chi connectivity index (χ3v) is 2.66. The van der Waals surface area contributed by atoms with Gasteiger partial charge in [0.2, 0.25) is 5.91 Å². The Morgan fingerprint density at radius 2 is 2.20 bits per heavy atom. The molecule has 0 atom stereocenters. The molecule has 1 aliphatic carbocycles. The van der Waals surface area contributed by atoms with Crippen molar-refractivity contribution in [1.82, 2.24) is 15.6 Å². The van der Waals surface area contributed by atoms with Crippen molar-refractivity contribution in [2.45, 2.75) is 18.9 Å². The van der Waals surface area contributed by atoms with Gasteiger partial charge in [0.25, 0.3) is 5.91 Å². The zero-order chi connectivity index (χ0) is 14.4. The fourth-order valence-corrected chi connectivity index (χ4v) is 1.50. The fraction of sp³-hybridized carbons (Fsp3) is 0.357. The highest BCUT2D eigenvalue weighted by atomic mass is 16.2. The molecule has 1 fully saturated rings. The van der Waals surface area contributed by atoms with Crippen molar-refractivity contribution in [2.24, 2.45) is 0 Å². The SMILES string of the molecule is O=C(CNC(=O)c1ccc(C#CCO)cn1)NC1CC1. The van der Waals surface area contributed by atoms with Gasteiger partial charge < -0.3 is 15.7 Å². The van der Waals surface area contributed by atoms with E-state index in [1.807, 2.05) is 0 Å². The van der Waals surface area contributed by atoms with E-state index in [1.54, 1.807) is 6.07 Å². The Balaban J connectivity index is 1.83. The number of pyridine rings is 1. The van der Waals surface area contributed by atoms with Crippen LogP contribution in [0.3, 0.4) is 0 Å². The van der Waals surface area contributed by atoms with Crippen LogP contribution >= 0.6 is 0 Å². The van der Waals surface area contributed by atoms with Crippen molar-refractivity contribution in [3.05, 3.63) is 29.6 Å². The van der Waals surface area contributed by atoms with Gasteiger partial charge >= 0.3 is 0 Å². The van der Waals surface area contributed by atoms with Gasteiger partial charge in [0.15, 0.2) is 0 Å². The largest absolute Gasteiger partial charge is 0.384 e. The molecule has 3 N–H and O–H groups in total. The summed E-state index contributed by atoms with van der Waals surface area (Å²) in [5.41, 5.74) is 0.834. The highest BCUT2D eigenvalue weighted by Crippen LogP contribution is 2.18. The molecule has 104 valence electrons. The maximum absolute atomic E-state index is 11.7. The first-order chi connectivity index (χ1) is 9.69. The first-order valence-electron chi connectivity index (χ1n) is 6.32. The smallest absolute Gasteiger partial charge is 0.270 e. The quantitative estimate of drug-likeness (QED) is 0.641. The lowest BCUT2D eigenvalue weighted by Gasteiger charge is -2.05. The molecule has 1 aromatic heterocycles. The van der Waals surface area contributed by atoms with Gasteiger partial charge in [-0.3, -0.25) is 9.59 Å². The average Bonchev–Trinajstić information content (AvgIpc) is 3.27. The number of aromatic nitrogens is 1. The monoisotopic (exact) mass is 273 g/mol. The van der Waals surface area contributed by atoms with Gasteiger partial charge in [-0.1, -0.05) is 11.8 Å². The molecular weight excluding hydrogens is 258 g/mol. The minimum absolute atomic E-state index is 0.0525. The molecule has 0 spiro atoms. The summed E-state index contributed by atoms with van der Waals surface area (Å²) >= 11 is 0. The third-order valence-electron chi connectivity index (χ3n) is 2.66. The molecule has 1 saturated carbocycles. The zero-order valence-corrected chi connectivity index (χ0v) is 10.8. The topological polar surface area (TPSA) is 91.3 Å². The normalized spacial score (nSPS) is 13.1. The second-order valence-corrected chi connectivity index (χ2v) is 4.42. The molecule has 2 amide bonds. The Hall–Kier alpha value is -2.39. The number of amides is 2. The first kappa shape index (κ1) is 14.0. The van der Waals surface area contributed by atoms with E-state index in [9.17, 15) is 9.59 Å². The minimum atomic E-state index is -0.405. The van der Waals surface area contributed by atoms with Gasteiger partial charge in [0.1, 0.15) is 12.3 Å². The molecule has 0 aromatic carbocycles. The van der Waals surface area contributed by atoms with E-state index in [2.05, 4.69) is 27.5 Å². The molecule has 1 aromatic rings. The van der Waals surface area contributed by atoms with Gasteiger partial charge in [-0.2, -0.15) is 0 Å². The predicted molar refractivity (Wildman–Crippen MR) is 71.7 cm³/mol. The molecule has 0 aliphatic heterocycles. The van der Waals surface area contributed by atoms with E-state index in [1.165, 1.54) is 12.3 Å². The molecule has 0 saturated heterocycles. The first-order valence-corrected chi connectivity index (χ1v) is 6.32. The van der Waals surface area contributed by atoms with Crippen molar-refractivity contribution in [2.75, 3.05) is 13.2 Å². The number of carbonyl (C=O) groups excluding carboxylic acids is 2. The van der Waals surface area contributed by atoms with Gasteiger partial charge in [-0.25, -0.2) is 4.98 Å². The van der Waals surface area contributed by atoms with Gasteiger partial charge in [0, 0.05) is 17.8 Å². The number of aliphatic hydroxyl groups is 1. The Morgan fingerprint density at radius 1 is 1.40 bits per heavy atom. The molecule has 1 aliphatic rings. The van der Waals surface area contributed by atoms with E-state index < -0.39 is 5.91 Å². The maximum Gasteiger partial charge on any atom is 0.270 e. The van der Waals surface area contributed by atoms with Crippen LogP contribution in [0, 0.1) is 11.8 Å². The predicted octanol–water partition coefficient (Wildman–Crippen LogP) is -0.566. The highest BCUT2D eigenvalue weighted by molar-refractivity contribution is 5.94. The summed E-state index contributed by atoms with van der Waals surface area (Å²) in [6, 6.07) is 3.44. The van der Waals surface area contributed by atoms with E-state index >= 15 is 0 Å². The van der Waals surface area contributed by atoms with Crippen LogP contribution in [0.15, 0.2) is 18.3 Å². The molecule has 6 nitrogen and oxygen atoms in total. The number of nitrogens with zero attached hydrogens (tertiary/aromatic N) is 1. The summed E-state index contributed by atoms with van der Waals surface area (Å²) in [5, 5.41) is 13.8. The Kier molecular flexibility index (Phi) is 4.69. The Morgan fingerprint density at radius 3 is 2.80 bits per heavy atom. The number of nitrogens with one attached hydrogen (secondary N) is 2. The number of aliphatic hydroxyl groups excluding tert-OH is 1. The van der Waals surface area contributed by atoms with E-state index in [-0.39, 0.29) is 30.8 Å². The molecule has 0 radical (unpaired) electrons. The number of hydrogen-bond acceptors (Lipinski definition) is 4. The lowest BCUT2D eigenvalue weighted by Crippen LogP contribution is -2.38. The minimum Gasteiger partial charge on any atom is -0.384 e. The fourth-order valence-electron chi connectivity index (χ4n) is 1.50. The van der Waals surface area contributed by atoms with E-state index in [4.69, 9.17) is 5.11 Å². The number of hydrogen-bond donors (Lipinski definition) is 3. The Labute approximate surface area is 116 Å². The number of rotatable bonds is 4. The summed E-state index contributed by atoms with van der Waals surface area (Å²) < 4.78 is 0. The standard InChI is InChI=1S/C14H15N3O3/c18-7-1-2-10-3-6-12(15-8-10)14(20)16-9-13(19)17-11-4-5-11/h3,6,8,11,18H,4-5,7,9H2,(H,16,20)(H,17,19). The summed E-state index contributed by atoms with van der Waals surface area (Å²) in [4.78, 5) is 27.1.